The molecule has 1 heterocycles. The fourth-order valence-electron chi connectivity index (χ4n) is 1.80. The first-order valence-electron chi connectivity index (χ1n) is 7.03. The van der Waals surface area contributed by atoms with Crippen molar-refractivity contribution in [1.29, 1.82) is 0 Å². The number of rotatable bonds is 5. The van der Waals surface area contributed by atoms with Crippen LogP contribution in [0.4, 0.5) is 5.69 Å². The summed E-state index contributed by atoms with van der Waals surface area (Å²) in [5, 5.41) is 23.3. The van der Waals surface area contributed by atoms with Gasteiger partial charge in [-0.15, -0.1) is 5.10 Å². The van der Waals surface area contributed by atoms with E-state index in [2.05, 4.69) is 20.8 Å². The molecule has 0 aromatic heterocycles. The number of carboxylic acids is 1. The fourth-order valence-corrected chi connectivity index (χ4v) is 2.72. The first kappa shape index (κ1) is 17.7. The van der Waals surface area contributed by atoms with Gasteiger partial charge in [0.05, 0.1) is 5.97 Å². The van der Waals surface area contributed by atoms with Crippen molar-refractivity contribution in [1.82, 2.24) is 5.32 Å². The van der Waals surface area contributed by atoms with E-state index in [1.165, 1.54) is 24.3 Å². The summed E-state index contributed by atoms with van der Waals surface area (Å²) in [5.41, 5.74) is 1.21. The van der Waals surface area contributed by atoms with Gasteiger partial charge >= 0.3 is 0 Å². The molecule has 1 fully saturated rings. The predicted octanol–water partition coefficient (Wildman–Crippen LogP) is 0.362. The van der Waals surface area contributed by atoms with Crippen LogP contribution >= 0.6 is 11.8 Å². The number of thioether (sulfide) groups is 1. The third kappa shape index (κ3) is 4.92. The molecule has 2 amide bonds. The van der Waals surface area contributed by atoms with Crippen LogP contribution in [0.1, 0.15) is 30.6 Å². The van der Waals surface area contributed by atoms with Crippen molar-refractivity contribution in [3.63, 3.8) is 0 Å². The van der Waals surface area contributed by atoms with Gasteiger partial charge in [0.2, 0.25) is 11.8 Å². The minimum absolute atomic E-state index is 0.0198. The molecular weight excluding hydrogens is 332 g/mol. The molecule has 8 nitrogen and oxygen atoms in total. The quantitative estimate of drug-likeness (QED) is 0.588. The number of amides is 2. The number of hydrogen-bond donors (Lipinski definition) is 2. The van der Waals surface area contributed by atoms with Crippen LogP contribution in [0.5, 0.6) is 0 Å². The third-order valence-corrected chi connectivity index (χ3v) is 3.96. The SMILES string of the molecule is CC(C)=N/N=C1\NC(=O)[C@@H](CC(=O)Nc2ccc(C(=O)[O-])cc2)S1. The van der Waals surface area contributed by atoms with E-state index >= 15 is 0 Å². The zero-order valence-corrected chi connectivity index (χ0v) is 13.8. The van der Waals surface area contributed by atoms with E-state index in [0.29, 0.717) is 10.9 Å². The first-order chi connectivity index (χ1) is 11.3. The molecule has 1 aromatic rings. The number of carboxylic acid groups (broad SMARTS) is 1. The number of nitrogens with one attached hydrogen (secondary N) is 2. The second-order valence-corrected chi connectivity index (χ2v) is 6.36. The lowest BCUT2D eigenvalue weighted by Crippen LogP contribution is -2.28. The molecule has 126 valence electrons. The number of carbonyl (C=O) groups excluding carboxylic acids is 3. The van der Waals surface area contributed by atoms with E-state index < -0.39 is 11.2 Å². The number of nitrogens with zero attached hydrogens (tertiary/aromatic N) is 2. The van der Waals surface area contributed by atoms with Gasteiger partial charge < -0.3 is 20.5 Å². The molecule has 0 spiro atoms. The summed E-state index contributed by atoms with van der Waals surface area (Å²) < 4.78 is 0. The lowest BCUT2D eigenvalue weighted by Gasteiger charge is -2.08. The normalized spacial score (nSPS) is 18.2. The van der Waals surface area contributed by atoms with E-state index in [1.807, 2.05) is 0 Å². The Morgan fingerprint density at radius 3 is 2.54 bits per heavy atom. The van der Waals surface area contributed by atoms with E-state index in [1.54, 1.807) is 13.8 Å². The van der Waals surface area contributed by atoms with Gasteiger partial charge in [-0.3, -0.25) is 9.59 Å². The molecule has 1 atom stereocenters. The Hall–Kier alpha value is -2.68. The highest BCUT2D eigenvalue weighted by atomic mass is 32.2. The standard InChI is InChI=1S/C15H16N4O4S/c1-8(2)18-19-15-17-13(21)11(24-15)7-12(20)16-10-5-3-9(4-6-10)14(22)23/h3-6,11H,7H2,1-2H3,(H,16,20)(H,22,23)(H,17,19,21)/p-1/t11-/m1/s1. The van der Waals surface area contributed by atoms with Crippen molar-refractivity contribution in [3.8, 4) is 0 Å². The van der Waals surface area contributed by atoms with Crippen LogP contribution in [0.2, 0.25) is 0 Å². The maximum Gasteiger partial charge on any atom is 0.240 e. The van der Waals surface area contributed by atoms with Crippen molar-refractivity contribution in [2.45, 2.75) is 25.5 Å². The monoisotopic (exact) mass is 347 g/mol. The highest BCUT2D eigenvalue weighted by Gasteiger charge is 2.32. The number of carbonyl (C=O) groups is 3. The van der Waals surface area contributed by atoms with Crippen molar-refractivity contribution in [2.75, 3.05) is 5.32 Å². The van der Waals surface area contributed by atoms with E-state index in [4.69, 9.17) is 0 Å². The molecule has 0 bridgehead atoms. The van der Waals surface area contributed by atoms with Gasteiger partial charge in [0.15, 0.2) is 5.17 Å². The van der Waals surface area contributed by atoms with Crippen LogP contribution < -0.4 is 15.7 Å². The Balaban J connectivity index is 1.92. The van der Waals surface area contributed by atoms with Gasteiger partial charge in [0.1, 0.15) is 5.25 Å². The van der Waals surface area contributed by atoms with Crippen LogP contribution in [0.3, 0.4) is 0 Å². The number of aromatic carboxylic acids is 1. The smallest absolute Gasteiger partial charge is 0.240 e. The summed E-state index contributed by atoms with van der Waals surface area (Å²) in [6.07, 6.45) is -0.0351. The molecule has 0 radical (unpaired) electrons. The summed E-state index contributed by atoms with van der Waals surface area (Å²) in [4.78, 5) is 34.5. The summed E-state index contributed by atoms with van der Waals surface area (Å²) in [7, 11) is 0. The van der Waals surface area contributed by atoms with Gasteiger partial charge in [0.25, 0.3) is 0 Å². The molecule has 0 unspecified atom stereocenters. The molecule has 1 aromatic carbocycles. The summed E-state index contributed by atoms with van der Waals surface area (Å²) in [6.45, 7) is 3.56. The molecule has 1 aliphatic rings. The molecule has 9 heteroatoms. The molecule has 0 saturated carbocycles. The highest BCUT2D eigenvalue weighted by molar-refractivity contribution is 8.15. The molecular formula is C15H15N4O4S-. The predicted molar refractivity (Wildman–Crippen MR) is 89.8 cm³/mol. The molecule has 24 heavy (non-hydrogen) atoms. The Kier molecular flexibility index (Phi) is 5.69. The number of anilines is 1. The average Bonchev–Trinajstić information content (AvgIpc) is 2.85. The number of benzene rings is 1. The lowest BCUT2D eigenvalue weighted by atomic mass is 10.2. The molecule has 0 aliphatic carbocycles. The summed E-state index contributed by atoms with van der Waals surface area (Å²) in [6, 6.07) is 5.57. The second kappa shape index (κ2) is 7.73. The molecule has 1 aliphatic heterocycles. The lowest BCUT2D eigenvalue weighted by molar-refractivity contribution is -0.255. The van der Waals surface area contributed by atoms with Gasteiger partial charge in [-0.25, -0.2) is 0 Å². The number of amidine groups is 1. The Labute approximate surface area is 142 Å². The minimum atomic E-state index is -1.29. The minimum Gasteiger partial charge on any atom is -0.545 e. The molecule has 2 N–H and O–H groups in total. The zero-order chi connectivity index (χ0) is 17.7. The van der Waals surface area contributed by atoms with Crippen molar-refractivity contribution >= 4 is 46.1 Å². The van der Waals surface area contributed by atoms with Crippen LogP contribution in [-0.2, 0) is 9.59 Å². The first-order valence-corrected chi connectivity index (χ1v) is 7.91. The van der Waals surface area contributed by atoms with Crippen LogP contribution in [0.15, 0.2) is 34.5 Å². The topological polar surface area (TPSA) is 123 Å². The van der Waals surface area contributed by atoms with Crippen molar-refractivity contribution < 1.29 is 19.5 Å². The van der Waals surface area contributed by atoms with Crippen LogP contribution in [-0.4, -0.2) is 33.9 Å². The Morgan fingerprint density at radius 1 is 1.29 bits per heavy atom. The van der Waals surface area contributed by atoms with Gasteiger partial charge in [0, 0.05) is 17.8 Å². The van der Waals surface area contributed by atoms with Crippen LogP contribution in [0.25, 0.3) is 0 Å². The Bertz CT molecular complexity index is 723. The van der Waals surface area contributed by atoms with Crippen molar-refractivity contribution in [3.05, 3.63) is 29.8 Å². The maximum atomic E-state index is 12.0. The summed E-state index contributed by atoms with van der Waals surface area (Å²) >= 11 is 1.14. The second-order valence-electron chi connectivity index (χ2n) is 5.17. The summed E-state index contributed by atoms with van der Waals surface area (Å²) in [5.74, 6) is -1.95. The average molecular weight is 347 g/mol. The van der Waals surface area contributed by atoms with E-state index in [0.717, 1.165) is 17.5 Å². The van der Waals surface area contributed by atoms with Gasteiger partial charge in [-0.05, 0) is 31.5 Å². The van der Waals surface area contributed by atoms with Gasteiger partial charge in [-0.2, -0.15) is 5.10 Å². The van der Waals surface area contributed by atoms with Gasteiger partial charge in [-0.1, -0.05) is 23.9 Å². The van der Waals surface area contributed by atoms with Crippen molar-refractivity contribution in [2.24, 2.45) is 10.2 Å². The van der Waals surface area contributed by atoms with E-state index in [-0.39, 0.29) is 23.8 Å². The fraction of sp³-hybridized carbons (Fsp3) is 0.267. The molecule has 1 saturated heterocycles. The highest BCUT2D eigenvalue weighted by Crippen LogP contribution is 2.23. The van der Waals surface area contributed by atoms with Crippen LogP contribution in [0, 0.1) is 0 Å². The number of hydrogen-bond acceptors (Lipinski definition) is 7. The maximum absolute atomic E-state index is 12.0. The zero-order valence-electron chi connectivity index (χ0n) is 13.0. The Morgan fingerprint density at radius 2 is 1.96 bits per heavy atom. The molecule has 2 rings (SSSR count). The third-order valence-electron chi connectivity index (χ3n) is 2.89. The largest absolute Gasteiger partial charge is 0.545 e. The van der Waals surface area contributed by atoms with E-state index in [9.17, 15) is 19.5 Å².